The smallest absolute Gasteiger partial charge is 0.261 e. The van der Waals surface area contributed by atoms with Crippen LogP contribution in [0.15, 0.2) is 42.5 Å². The van der Waals surface area contributed by atoms with Gasteiger partial charge in [0.2, 0.25) is 5.91 Å². The van der Waals surface area contributed by atoms with Crippen LogP contribution in [0.1, 0.15) is 24.0 Å². The van der Waals surface area contributed by atoms with E-state index in [4.69, 9.17) is 16.3 Å². The highest BCUT2D eigenvalue weighted by Crippen LogP contribution is 2.31. The molecule has 0 bridgehead atoms. The van der Waals surface area contributed by atoms with E-state index in [1.807, 2.05) is 30.3 Å². The maximum atomic E-state index is 12.3. The molecule has 1 saturated carbocycles. The molecule has 2 amide bonds. The number of carbonyl (C=O) groups excluding carboxylic acids is 2. The fourth-order valence-corrected chi connectivity index (χ4v) is 3.16. The largest absolute Gasteiger partial charge is 0.480 e. The number of anilines is 1. The van der Waals surface area contributed by atoms with Crippen molar-refractivity contribution in [2.24, 2.45) is 5.92 Å². The molecule has 1 aliphatic heterocycles. The highest BCUT2D eigenvalue weighted by molar-refractivity contribution is 6.30. The number of halogens is 1. The van der Waals surface area contributed by atoms with Crippen LogP contribution in [-0.2, 0) is 22.6 Å². The van der Waals surface area contributed by atoms with E-state index in [1.165, 1.54) is 0 Å². The fraction of sp³-hybridized carbons (Fsp3) is 0.300. The summed E-state index contributed by atoms with van der Waals surface area (Å²) in [5.74, 6) is 0.831. The van der Waals surface area contributed by atoms with Crippen molar-refractivity contribution in [2.75, 3.05) is 5.32 Å². The van der Waals surface area contributed by atoms with Crippen molar-refractivity contribution >= 4 is 29.1 Å². The van der Waals surface area contributed by atoms with E-state index in [1.54, 1.807) is 12.1 Å². The van der Waals surface area contributed by atoms with Gasteiger partial charge in [-0.1, -0.05) is 23.7 Å². The Balaban J connectivity index is 1.28. The molecular formula is C20H19ClN2O3. The lowest BCUT2D eigenvalue weighted by atomic mass is 10.1. The minimum Gasteiger partial charge on any atom is -0.480 e. The predicted molar refractivity (Wildman–Crippen MR) is 99.2 cm³/mol. The molecule has 5 nitrogen and oxygen atoms in total. The lowest BCUT2D eigenvalue weighted by molar-refractivity contribution is -0.127. The average Bonchev–Trinajstić information content (AvgIpc) is 3.40. The van der Waals surface area contributed by atoms with Gasteiger partial charge in [-0.2, -0.15) is 0 Å². The van der Waals surface area contributed by atoms with Gasteiger partial charge in [0.05, 0.1) is 0 Å². The van der Waals surface area contributed by atoms with E-state index in [-0.39, 0.29) is 17.7 Å². The van der Waals surface area contributed by atoms with Gasteiger partial charge in [0, 0.05) is 29.6 Å². The van der Waals surface area contributed by atoms with Gasteiger partial charge in [0.1, 0.15) is 5.75 Å². The van der Waals surface area contributed by atoms with Crippen molar-refractivity contribution in [1.82, 2.24) is 5.32 Å². The zero-order chi connectivity index (χ0) is 18.1. The van der Waals surface area contributed by atoms with Gasteiger partial charge < -0.3 is 15.4 Å². The molecule has 26 heavy (non-hydrogen) atoms. The maximum absolute atomic E-state index is 12.3. The van der Waals surface area contributed by atoms with Gasteiger partial charge >= 0.3 is 0 Å². The Labute approximate surface area is 156 Å². The number of rotatable bonds is 5. The third-order valence-electron chi connectivity index (χ3n) is 4.63. The van der Waals surface area contributed by atoms with Crippen LogP contribution in [0.25, 0.3) is 0 Å². The Bertz CT molecular complexity index is 847. The first-order valence-electron chi connectivity index (χ1n) is 8.71. The first-order valence-corrected chi connectivity index (χ1v) is 9.09. The third kappa shape index (κ3) is 3.83. The molecule has 2 aromatic carbocycles. The first-order chi connectivity index (χ1) is 12.6. The number of fused-ring (bicyclic) bond motifs is 1. The second kappa shape index (κ2) is 7.00. The summed E-state index contributed by atoms with van der Waals surface area (Å²) < 4.78 is 5.69. The molecule has 2 N–H and O–H groups in total. The van der Waals surface area contributed by atoms with Crippen molar-refractivity contribution in [1.29, 1.82) is 0 Å². The van der Waals surface area contributed by atoms with Gasteiger partial charge in [0.15, 0.2) is 6.10 Å². The van der Waals surface area contributed by atoms with Crippen LogP contribution in [0.2, 0.25) is 5.02 Å². The summed E-state index contributed by atoms with van der Waals surface area (Å²) >= 11 is 5.97. The Morgan fingerprint density at radius 3 is 2.58 bits per heavy atom. The summed E-state index contributed by atoms with van der Waals surface area (Å²) in [5.41, 5.74) is 2.69. The normalized spacial score (nSPS) is 18.0. The van der Waals surface area contributed by atoms with E-state index in [2.05, 4.69) is 10.6 Å². The summed E-state index contributed by atoms with van der Waals surface area (Å²) in [6.07, 6.45) is 1.96. The Hall–Kier alpha value is -2.53. The van der Waals surface area contributed by atoms with Gasteiger partial charge in [0.25, 0.3) is 5.91 Å². The summed E-state index contributed by atoms with van der Waals surface area (Å²) in [6, 6.07) is 12.9. The quantitative estimate of drug-likeness (QED) is 0.848. The first kappa shape index (κ1) is 16.9. The van der Waals surface area contributed by atoms with E-state index in [9.17, 15) is 9.59 Å². The molecule has 4 rings (SSSR count). The van der Waals surface area contributed by atoms with Crippen LogP contribution in [0, 0.1) is 5.92 Å². The van der Waals surface area contributed by atoms with Crippen molar-refractivity contribution in [3.8, 4) is 5.75 Å². The van der Waals surface area contributed by atoms with E-state index < -0.39 is 6.10 Å². The van der Waals surface area contributed by atoms with Crippen molar-refractivity contribution < 1.29 is 14.3 Å². The highest BCUT2D eigenvalue weighted by Gasteiger charge is 2.30. The monoisotopic (exact) mass is 370 g/mol. The van der Waals surface area contributed by atoms with Crippen molar-refractivity contribution in [3.05, 3.63) is 58.6 Å². The number of ether oxygens (including phenoxy) is 1. The zero-order valence-electron chi connectivity index (χ0n) is 14.1. The molecule has 1 unspecified atom stereocenters. The van der Waals surface area contributed by atoms with Crippen LogP contribution in [0.3, 0.4) is 0 Å². The molecule has 0 saturated heterocycles. The Morgan fingerprint density at radius 1 is 1.08 bits per heavy atom. The molecule has 1 fully saturated rings. The average molecular weight is 371 g/mol. The number of carbonyl (C=O) groups is 2. The summed E-state index contributed by atoms with van der Waals surface area (Å²) in [4.78, 5) is 24.1. The minimum atomic E-state index is -0.527. The third-order valence-corrected chi connectivity index (χ3v) is 4.86. The number of amides is 2. The van der Waals surface area contributed by atoms with Crippen LogP contribution >= 0.6 is 11.6 Å². The zero-order valence-corrected chi connectivity index (χ0v) is 14.9. The number of benzene rings is 2. The van der Waals surface area contributed by atoms with Crippen LogP contribution in [0.5, 0.6) is 5.75 Å². The molecule has 0 radical (unpaired) electrons. The molecule has 6 heteroatoms. The molecule has 2 aromatic rings. The van der Waals surface area contributed by atoms with Crippen LogP contribution < -0.4 is 15.4 Å². The number of hydrogen-bond acceptors (Lipinski definition) is 3. The van der Waals surface area contributed by atoms with Gasteiger partial charge in [-0.3, -0.25) is 9.59 Å². The molecule has 2 aliphatic rings. The molecule has 0 aromatic heterocycles. The lowest BCUT2D eigenvalue weighted by Crippen LogP contribution is -2.37. The van der Waals surface area contributed by atoms with Crippen molar-refractivity contribution in [3.63, 3.8) is 0 Å². The summed E-state index contributed by atoms with van der Waals surface area (Å²) in [6.45, 7) is 0.409. The lowest BCUT2D eigenvalue weighted by Gasteiger charge is -2.12. The Morgan fingerprint density at radius 2 is 1.85 bits per heavy atom. The number of hydrogen-bond donors (Lipinski definition) is 2. The highest BCUT2D eigenvalue weighted by atomic mass is 35.5. The summed E-state index contributed by atoms with van der Waals surface area (Å²) in [7, 11) is 0. The van der Waals surface area contributed by atoms with Crippen LogP contribution in [-0.4, -0.2) is 17.9 Å². The molecule has 134 valence electrons. The van der Waals surface area contributed by atoms with E-state index in [0.29, 0.717) is 23.7 Å². The van der Waals surface area contributed by atoms with Gasteiger partial charge in [-0.15, -0.1) is 0 Å². The van der Waals surface area contributed by atoms with Gasteiger partial charge in [-0.05, 0) is 54.3 Å². The van der Waals surface area contributed by atoms with E-state index >= 15 is 0 Å². The summed E-state index contributed by atoms with van der Waals surface area (Å²) in [5, 5.41) is 6.43. The topological polar surface area (TPSA) is 67.4 Å². The molecule has 0 spiro atoms. The molecular weight excluding hydrogens is 352 g/mol. The van der Waals surface area contributed by atoms with E-state index in [0.717, 1.165) is 29.7 Å². The van der Waals surface area contributed by atoms with Crippen LogP contribution in [0.4, 0.5) is 5.69 Å². The van der Waals surface area contributed by atoms with Crippen molar-refractivity contribution in [2.45, 2.75) is 31.9 Å². The second-order valence-corrected chi connectivity index (χ2v) is 7.18. The molecule has 1 atom stereocenters. The predicted octanol–water partition coefficient (Wildman–Crippen LogP) is 3.31. The SMILES string of the molecule is O=C(Nc1ccc(CNC(=O)C2Cc3cc(Cl)ccc3O2)cc1)C1CC1. The Kier molecular flexibility index (Phi) is 4.55. The minimum absolute atomic E-state index is 0.0871. The standard InChI is InChI=1S/C20H19ClN2O3/c21-15-5-8-17-14(9-15)10-18(26-17)20(25)22-11-12-1-6-16(7-2-12)23-19(24)13-3-4-13/h1-2,5-9,13,18H,3-4,10-11H2,(H,22,25)(H,23,24). The number of nitrogens with one attached hydrogen (secondary N) is 2. The molecule has 1 aliphatic carbocycles. The molecule has 1 heterocycles. The second-order valence-electron chi connectivity index (χ2n) is 6.74. The van der Waals surface area contributed by atoms with Gasteiger partial charge in [-0.25, -0.2) is 0 Å². The fourth-order valence-electron chi connectivity index (χ4n) is 2.96. The maximum Gasteiger partial charge on any atom is 0.261 e.